The molecule has 1 heterocycles. The van der Waals surface area contributed by atoms with Crippen molar-refractivity contribution in [3.63, 3.8) is 0 Å². The number of likely N-dealkylation sites (tertiary alicyclic amines) is 1. The molecule has 1 atom stereocenters. The van der Waals surface area contributed by atoms with Gasteiger partial charge in [-0.3, -0.25) is 4.79 Å². The van der Waals surface area contributed by atoms with Crippen molar-refractivity contribution in [3.05, 3.63) is 0 Å². The molecule has 74 valence electrons. The molecule has 0 aliphatic carbocycles. The minimum absolute atomic E-state index is 0.131. The Labute approximate surface area is 84.7 Å². The summed E-state index contributed by atoms with van der Waals surface area (Å²) in [5, 5.41) is 0. The molecular weight excluding hydrogens is 184 g/mol. The molecular formula is C9H16N2OS. The minimum atomic E-state index is 0.131. The van der Waals surface area contributed by atoms with Crippen LogP contribution >= 0.6 is 12.2 Å². The zero-order valence-corrected chi connectivity index (χ0v) is 9.23. The second-order valence-electron chi connectivity index (χ2n) is 3.60. The molecule has 1 aliphatic rings. The maximum absolute atomic E-state index is 11.2. The molecule has 0 radical (unpaired) electrons. The fourth-order valence-electron chi connectivity index (χ4n) is 1.70. The van der Waals surface area contributed by atoms with Crippen molar-refractivity contribution in [2.24, 2.45) is 0 Å². The number of carbonyl (C=O) groups excluding carboxylic acids is 1. The smallest absolute Gasteiger partial charge is 0.220 e. The van der Waals surface area contributed by atoms with Gasteiger partial charge in [0.1, 0.15) is 4.99 Å². The molecule has 1 rings (SSSR count). The third-order valence-electron chi connectivity index (χ3n) is 2.38. The molecule has 0 aromatic heterocycles. The number of amides is 1. The first-order chi connectivity index (χ1) is 6.04. The quantitative estimate of drug-likeness (QED) is 0.587. The Hall–Kier alpha value is -0.640. The summed E-state index contributed by atoms with van der Waals surface area (Å²) in [6.45, 7) is 2.46. The van der Waals surface area contributed by atoms with Crippen molar-refractivity contribution in [2.75, 3.05) is 20.6 Å². The van der Waals surface area contributed by atoms with E-state index in [1.165, 1.54) is 0 Å². The normalized spacial score (nSPS) is 21.8. The lowest BCUT2D eigenvalue weighted by Crippen LogP contribution is -2.43. The van der Waals surface area contributed by atoms with Crippen LogP contribution in [0.2, 0.25) is 0 Å². The van der Waals surface area contributed by atoms with E-state index in [1.54, 1.807) is 6.92 Å². The lowest BCUT2D eigenvalue weighted by molar-refractivity contribution is -0.128. The highest BCUT2D eigenvalue weighted by molar-refractivity contribution is 7.80. The van der Waals surface area contributed by atoms with Crippen molar-refractivity contribution in [1.29, 1.82) is 0 Å². The van der Waals surface area contributed by atoms with Gasteiger partial charge in [-0.1, -0.05) is 12.2 Å². The minimum Gasteiger partial charge on any atom is -0.371 e. The molecule has 1 aliphatic heterocycles. The summed E-state index contributed by atoms with van der Waals surface area (Å²) in [5.41, 5.74) is 0. The van der Waals surface area contributed by atoms with Crippen molar-refractivity contribution in [1.82, 2.24) is 9.80 Å². The lowest BCUT2D eigenvalue weighted by Gasteiger charge is -2.27. The van der Waals surface area contributed by atoms with Crippen LogP contribution in [-0.4, -0.2) is 47.4 Å². The molecule has 0 saturated carbocycles. The van der Waals surface area contributed by atoms with Gasteiger partial charge < -0.3 is 9.80 Å². The van der Waals surface area contributed by atoms with Crippen LogP contribution in [-0.2, 0) is 4.79 Å². The summed E-state index contributed by atoms with van der Waals surface area (Å²) in [7, 11) is 3.86. The van der Waals surface area contributed by atoms with Crippen LogP contribution in [0.5, 0.6) is 0 Å². The van der Waals surface area contributed by atoms with E-state index in [9.17, 15) is 4.79 Å². The van der Waals surface area contributed by atoms with Crippen LogP contribution < -0.4 is 0 Å². The van der Waals surface area contributed by atoms with E-state index >= 15 is 0 Å². The first-order valence-corrected chi connectivity index (χ1v) is 4.93. The molecule has 0 bridgehead atoms. The Morgan fingerprint density at radius 2 is 2.15 bits per heavy atom. The summed E-state index contributed by atoms with van der Waals surface area (Å²) < 4.78 is 0. The first-order valence-electron chi connectivity index (χ1n) is 4.52. The van der Waals surface area contributed by atoms with Crippen LogP contribution in [0.25, 0.3) is 0 Å². The molecule has 1 amide bonds. The van der Waals surface area contributed by atoms with E-state index in [0.29, 0.717) is 0 Å². The molecule has 13 heavy (non-hydrogen) atoms. The molecule has 1 saturated heterocycles. The predicted octanol–water partition coefficient (Wildman–Crippen LogP) is 0.886. The van der Waals surface area contributed by atoms with Gasteiger partial charge in [0.2, 0.25) is 5.91 Å². The number of nitrogens with zero attached hydrogens (tertiary/aromatic N) is 2. The van der Waals surface area contributed by atoms with E-state index in [4.69, 9.17) is 12.2 Å². The van der Waals surface area contributed by atoms with Crippen LogP contribution in [0.1, 0.15) is 19.8 Å². The van der Waals surface area contributed by atoms with Crippen molar-refractivity contribution < 1.29 is 4.79 Å². The number of carbonyl (C=O) groups is 1. The molecule has 0 spiro atoms. The largest absolute Gasteiger partial charge is 0.371 e. The fourth-order valence-corrected chi connectivity index (χ4v) is 1.94. The van der Waals surface area contributed by atoms with Crippen LogP contribution in [0.3, 0.4) is 0 Å². The van der Waals surface area contributed by atoms with Gasteiger partial charge in [-0.15, -0.1) is 0 Å². The zero-order chi connectivity index (χ0) is 10.0. The number of rotatable bonds is 1. The van der Waals surface area contributed by atoms with E-state index < -0.39 is 0 Å². The summed E-state index contributed by atoms with van der Waals surface area (Å²) in [6.07, 6.45) is 2.08. The first kappa shape index (κ1) is 10.4. The molecule has 0 unspecified atom stereocenters. The highest BCUT2D eigenvalue weighted by Crippen LogP contribution is 2.19. The standard InChI is InChI=1S/C9H16N2OS/c1-7(12)11-6-4-5-8(11)9(13)10(2)3/h8H,4-6H2,1-3H3/t8-/m0/s1. The summed E-state index contributed by atoms with van der Waals surface area (Å²) >= 11 is 5.27. The monoisotopic (exact) mass is 200 g/mol. The SMILES string of the molecule is CC(=O)N1CCC[C@H]1C(=S)N(C)C. The van der Waals surface area contributed by atoms with Crippen molar-refractivity contribution in [3.8, 4) is 0 Å². The Bertz CT molecular complexity index is 228. The van der Waals surface area contributed by atoms with Gasteiger partial charge in [-0.05, 0) is 12.8 Å². The van der Waals surface area contributed by atoms with Gasteiger partial charge in [0, 0.05) is 27.6 Å². The topological polar surface area (TPSA) is 23.6 Å². The summed E-state index contributed by atoms with van der Waals surface area (Å²) in [5.74, 6) is 0.131. The molecule has 0 aromatic rings. The van der Waals surface area contributed by atoms with Gasteiger partial charge >= 0.3 is 0 Å². The third-order valence-corrected chi connectivity index (χ3v) is 3.02. The van der Waals surface area contributed by atoms with E-state index in [0.717, 1.165) is 24.4 Å². The Balaban J connectivity index is 2.68. The summed E-state index contributed by atoms with van der Waals surface area (Å²) in [4.78, 5) is 15.9. The average molecular weight is 200 g/mol. The van der Waals surface area contributed by atoms with E-state index in [1.807, 2.05) is 23.9 Å². The van der Waals surface area contributed by atoms with Gasteiger partial charge in [-0.25, -0.2) is 0 Å². The third kappa shape index (κ3) is 2.18. The van der Waals surface area contributed by atoms with Gasteiger partial charge in [0.25, 0.3) is 0 Å². The Morgan fingerprint density at radius 1 is 1.54 bits per heavy atom. The predicted molar refractivity (Wildman–Crippen MR) is 56.7 cm³/mol. The van der Waals surface area contributed by atoms with Crippen molar-refractivity contribution >= 4 is 23.1 Å². The van der Waals surface area contributed by atoms with Gasteiger partial charge in [0.15, 0.2) is 0 Å². The Kier molecular flexibility index (Phi) is 3.25. The number of thiocarbonyl (C=S) groups is 1. The molecule has 0 aromatic carbocycles. The second-order valence-corrected chi connectivity index (χ2v) is 4.02. The average Bonchev–Trinajstić information content (AvgIpc) is 2.50. The number of likely N-dealkylation sites (N-methyl/N-ethyl adjacent to an activating group) is 1. The lowest BCUT2D eigenvalue weighted by atomic mass is 10.2. The zero-order valence-electron chi connectivity index (χ0n) is 8.41. The fraction of sp³-hybridized carbons (Fsp3) is 0.778. The number of hydrogen-bond donors (Lipinski definition) is 0. The molecule has 0 N–H and O–H groups in total. The highest BCUT2D eigenvalue weighted by atomic mass is 32.1. The maximum Gasteiger partial charge on any atom is 0.220 e. The molecule has 4 heteroatoms. The maximum atomic E-state index is 11.2. The number of hydrogen-bond acceptors (Lipinski definition) is 2. The van der Waals surface area contributed by atoms with E-state index in [2.05, 4.69) is 0 Å². The van der Waals surface area contributed by atoms with Crippen molar-refractivity contribution in [2.45, 2.75) is 25.8 Å². The highest BCUT2D eigenvalue weighted by Gasteiger charge is 2.30. The van der Waals surface area contributed by atoms with Gasteiger partial charge in [0.05, 0.1) is 6.04 Å². The molecule has 1 fully saturated rings. The Morgan fingerprint density at radius 3 is 2.62 bits per heavy atom. The summed E-state index contributed by atoms with van der Waals surface area (Å²) in [6, 6.07) is 0.155. The van der Waals surface area contributed by atoms with Crippen LogP contribution in [0, 0.1) is 0 Å². The van der Waals surface area contributed by atoms with E-state index in [-0.39, 0.29) is 11.9 Å². The van der Waals surface area contributed by atoms with Crippen LogP contribution in [0.15, 0.2) is 0 Å². The molecule has 3 nitrogen and oxygen atoms in total. The van der Waals surface area contributed by atoms with Crippen LogP contribution in [0.4, 0.5) is 0 Å². The second kappa shape index (κ2) is 4.05. The van der Waals surface area contributed by atoms with Gasteiger partial charge in [-0.2, -0.15) is 0 Å².